The number of nitrogens with zero attached hydrogens (tertiary/aromatic N) is 1. The molecule has 150 valence electrons. The van der Waals surface area contributed by atoms with Gasteiger partial charge in [-0.3, -0.25) is 0 Å². The molecule has 2 N–H and O–H groups in total. The van der Waals surface area contributed by atoms with Crippen molar-refractivity contribution in [3.63, 3.8) is 0 Å². The molecule has 4 nitrogen and oxygen atoms in total. The summed E-state index contributed by atoms with van der Waals surface area (Å²) >= 11 is 0. The molecule has 0 bridgehead atoms. The number of rotatable bonds is 6. The second-order valence-electron chi connectivity index (χ2n) is 7.39. The van der Waals surface area contributed by atoms with E-state index in [2.05, 4.69) is 46.0 Å². The van der Waals surface area contributed by atoms with E-state index in [0.29, 0.717) is 12.1 Å². The summed E-state index contributed by atoms with van der Waals surface area (Å²) in [6, 6.07) is 15.9. The Morgan fingerprint density at radius 1 is 1.11 bits per heavy atom. The summed E-state index contributed by atoms with van der Waals surface area (Å²) in [7, 11) is 0. The van der Waals surface area contributed by atoms with E-state index in [4.69, 9.17) is 4.74 Å². The smallest absolute Gasteiger partial charge is 0.191 e. The lowest BCUT2D eigenvalue weighted by atomic mass is 9.74. The van der Waals surface area contributed by atoms with E-state index >= 15 is 0 Å². The minimum atomic E-state index is -0.184. The Morgan fingerprint density at radius 3 is 2.54 bits per heavy atom. The predicted octanol–water partition coefficient (Wildman–Crippen LogP) is 3.94. The summed E-state index contributed by atoms with van der Waals surface area (Å²) in [5, 5.41) is 6.82. The minimum Gasteiger partial charge on any atom is -0.381 e. The first-order valence-corrected chi connectivity index (χ1v) is 10.0. The summed E-state index contributed by atoms with van der Waals surface area (Å²) in [4.78, 5) is 4.66. The van der Waals surface area contributed by atoms with E-state index in [-0.39, 0.29) is 11.2 Å². The lowest BCUT2D eigenvalue weighted by Crippen LogP contribution is -2.48. The van der Waals surface area contributed by atoms with Crippen LogP contribution in [-0.4, -0.2) is 32.3 Å². The number of ether oxygens (including phenoxy) is 1. The van der Waals surface area contributed by atoms with Crippen molar-refractivity contribution < 1.29 is 9.13 Å². The van der Waals surface area contributed by atoms with Gasteiger partial charge in [-0.2, -0.15) is 0 Å². The number of guanidine groups is 1. The predicted molar refractivity (Wildman–Crippen MR) is 112 cm³/mol. The quantitative estimate of drug-likeness (QED) is 0.587. The summed E-state index contributed by atoms with van der Waals surface area (Å²) < 4.78 is 19.4. The molecule has 1 heterocycles. The zero-order valence-electron chi connectivity index (χ0n) is 16.8. The molecule has 0 atom stereocenters. The van der Waals surface area contributed by atoms with Crippen molar-refractivity contribution in [3.8, 4) is 0 Å². The van der Waals surface area contributed by atoms with Crippen molar-refractivity contribution in [2.45, 2.75) is 38.6 Å². The fourth-order valence-electron chi connectivity index (χ4n) is 3.62. The molecule has 5 heteroatoms. The first kappa shape index (κ1) is 20.3. The first-order chi connectivity index (χ1) is 13.6. The van der Waals surface area contributed by atoms with Crippen LogP contribution in [0, 0.1) is 12.7 Å². The lowest BCUT2D eigenvalue weighted by Gasteiger charge is -2.38. The third-order valence-electron chi connectivity index (χ3n) is 5.43. The molecule has 1 aliphatic rings. The minimum absolute atomic E-state index is 0.0334. The number of aryl methyl sites for hydroxylation is 1. The van der Waals surface area contributed by atoms with Gasteiger partial charge in [-0.1, -0.05) is 42.5 Å². The lowest BCUT2D eigenvalue weighted by molar-refractivity contribution is 0.0514. The Hall–Kier alpha value is -2.40. The Balaban J connectivity index is 1.72. The van der Waals surface area contributed by atoms with Crippen LogP contribution in [0.4, 0.5) is 4.39 Å². The standard InChI is InChI=1S/C23H30FN3O/c1-3-25-22(26-16-19-10-9-18(2)21(24)15-19)27-17-23(11-13-28-14-12-23)20-7-5-4-6-8-20/h4-10,15H,3,11-14,16-17H2,1-2H3,(H2,25,26,27). The van der Waals surface area contributed by atoms with Gasteiger partial charge in [0.15, 0.2) is 5.96 Å². The largest absolute Gasteiger partial charge is 0.381 e. The second-order valence-corrected chi connectivity index (χ2v) is 7.39. The van der Waals surface area contributed by atoms with Gasteiger partial charge in [0.2, 0.25) is 0 Å². The van der Waals surface area contributed by atoms with Crippen LogP contribution in [0.2, 0.25) is 0 Å². The monoisotopic (exact) mass is 383 g/mol. The molecule has 0 aliphatic carbocycles. The maximum atomic E-state index is 13.8. The van der Waals surface area contributed by atoms with Crippen molar-refractivity contribution in [2.24, 2.45) is 4.99 Å². The van der Waals surface area contributed by atoms with Gasteiger partial charge >= 0.3 is 0 Å². The number of nitrogens with one attached hydrogen (secondary N) is 2. The third kappa shape index (κ3) is 5.10. The fraction of sp³-hybridized carbons (Fsp3) is 0.435. The topological polar surface area (TPSA) is 45.7 Å². The van der Waals surface area contributed by atoms with Crippen LogP contribution >= 0.6 is 0 Å². The van der Waals surface area contributed by atoms with E-state index in [1.54, 1.807) is 19.1 Å². The Bertz CT molecular complexity index is 786. The van der Waals surface area contributed by atoms with Crippen LogP contribution in [0.15, 0.2) is 53.5 Å². The highest BCUT2D eigenvalue weighted by Crippen LogP contribution is 2.34. The number of hydrogen-bond acceptors (Lipinski definition) is 2. The first-order valence-electron chi connectivity index (χ1n) is 10.0. The Kier molecular flexibility index (Phi) is 7.04. The third-order valence-corrected chi connectivity index (χ3v) is 5.43. The van der Waals surface area contributed by atoms with Crippen LogP contribution in [0.3, 0.4) is 0 Å². The van der Waals surface area contributed by atoms with Crippen LogP contribution in [0.1, 0.15) is 36.5 Å². The highest BCUT2D eigenvalue weighted by molar-refractivity contribution is 5.79. The average Bonchev–Trinajstić information content (AvgIpc) is 2.74. The van der Waals surface area contributed by atoms with Crippen molar-refractivity contribution >= 4 is 5.96 Å². The molecule has 1 fully saturated rings. The van der Waals surface area contributed by atoms with Crippen LogP contribution in [0.5, 0.6) is 0 Å². The van der Waals surface area contributed by atoms with Crippen molar-refractivity contribution in [2.75, 3.05) is 26.3 Å². The SMILES string of the molecule is CCNC(=NCc1ccc(C)c(F)c1)NCC1(c2ccccc2)CCOCC1. The highest BCUT2D eigenvalue weighted by Gasteiger charge is 2.34. The molecule has 0 unspecified atom stereocenters. The number of halogens is 1. The van der Waals surface area contributed by atoms with E-state index < -0.39 is 0 Å². The van der Waals surface area contributed by atoms with Crippen LogP contribution in [0.25, 0.3) is 0 Å². The van der Waals surface area contributed by atoms with Gasteiger partial charge in [0.25, 0.3) is 0 Å². The van der Waals surface area contributed by atoms with Crippen molar-refractivity contribution in [3.05, 3.63) is 71.0 Å². The van der Waals surface area contributed by atoms with Crippen molar-refractivity contribution in [1.82, 2.24) is 10.6 Å². The maximum absolute atomic E-state index is 13.8. The van der Waals surface area contributed by atoms with Gasteiger partial charge in [-0.05, 0) is 49.4 Å². The molecule has 0 spiro atoms. The summed E-state index contributed by atoms with van der Waals surface area (Å²) in [5.74, 6) is 0.571. The van der Waals surface area contributed by atoms with Gasteiger partial charge in [-0.25, -0.2) is 9.38 Å². The van der Waals surface area contributed by atoms with Gasteiger partial charge in [0, 0.05) is 31.7 Å². The average molecular weight is 384 g/mol. The normalized spacial score (nSPS) is 16.6. The zero-order valence-corrected chi connectivity index (χ0v) is 16.8. The molecular weight excluding hydrogens is 353 g/mol. The molecule has 1 aliphatic heterocycles. The van der Waals surface area contributed by atoms with Gasteiger partial charge in [0.1, 0.15) is 5.82 Å². The molecule has 2 aromatic carbocycles. The summed E-state index contributed by atoms with van der Waals surface area (Å²) in [6.45, 7) is 7.35. The summed E-state index contributed by atoms with van der Waals surface area (Å²) in [5.41, 5.74) is 2.89. The Labute approximate surface area is 167 Å². The van der Waals surface area contributed by atoms with Crippen molar-refractivity contribution in [1.29, 1.82) is 0 Å². The van der Waals surface area contributed by atoms with E-state index in [0.717, 1.165) is 50.7 Å². The van der Waals surface area contributed by atoms with E-state index in [9.17, 15) is 4.39 Å². The molecule has 1 saturated heterocycles. The number of benzene rings is 2. The Morgan fingerprint density at radius 2 is 1.86 bits per heavy atom. The molecular formula is C23H30FN3O. The van der Waals surface area contributed by atoms with E-state index in [1.165, 1.54) is 5.56 Å². The molecule has 28 heavy (non-hydrogen) atoms. The number of hydrogen-bond donors (Lipinski definition) is 2. The second kappa shape index (κ2) is 9.69. The van der Waals surface area contributed by atoms with E-state index in [1.807, 2.05) is 13.0 Å². The molecule has 0 saturated carbocycles. The van der Waals surface area contributed by atoms with Gasteiger partial charge < -0.3 is 15.4 Å². The molecule has 0 radical (unpaired) electrons. The van der Waals surface area contributed by atoms with Gasteiger partial charge in [0.05, 0.1) is 6.54 Å². The molecule has 0 amide bonds. The maximum Gasteiger partial charge on any atom is 0.191 e. The molecule has 2 aromatic rings. The highest BCUT2D eigenvalue weighted by atomic mass is 19.1. The number of aliphatic imine (C=N–C) groups is 1. The van der Waals surface area contributed by atoms with Gasteiger partial charge in [-0.15, -0.1) is 0 Å². The zero-order chi connectivity index (χ0) is 19.8. The summed E-state index contributed by atoms with van der Waals surface area (Å²) in [6.07, 6.45) is 1.96. The van der Waals surface area contributed by atoms with Crippen LogP contribution in [-0.2, 0) is 16.7 Å². The molecule has 3 rings (SSSR count). The molecule has 0 aromatic heterocycles. The fourth-order valence-corrected chi connectivity index (χ4v) is 3.62. The van der Waals surface area contributed by atoms with Crippen LogP contribution < -0.4 is 10.6 Å².